The largest absolute Gasteiger partial charge is 0.361 e. The summed E-state index contributed by atoms with van der Waals surface area (Å²) in [5.74, 6) is 0. The fraction of sp³-hybridized carbons (Fsp3) is 0.429. The zero-order valence-corrected chi connectivity index (χ0v) is 12.1. The van der Waals surface area contributed by atoms with Gasteiger partial charge in [-0.3, -0.25) is 4.90 Å². The number of fused-ring (bicyclic) bond motifs is 1. The molecule has 2 heterocycles. The molecule has 1 aliphatic rings. The van der Waals surface area contributed by atoms with Gasteiger partial charge >= 0.3 is 0 Å². The molecular weight excluding hydrogens is 290 g/mol. The van der Waals surface area contributed by atoms with E-state index in [4.69, 9.17) is 0 Å². The second-order valence-electron chi connectivity index (χ2n) is 5.01. The van der Waals surface area contributed by atoms with Crippen molar-refractivity contribution in [3.05, 3.63) is 34.4 Å². The Bertz CT molecular complexity index is 549. The third-order valence-corrected chi connectivity index (χ3v) is 4.30. The van der Waals surface area contributed by atoms with Crippen LogP contribution in [0, 0.1) is 0 Å². The van der Waals surface area contributed by atoms with Gasteiger partial charge in [0.1, 0.15) is 0 Å². The number of benzene rings is 1. The molecule has 2 aromatic rings. The Balaban J connectivity index is 1.80. The normalized spacial score (nSPS) is 20.9. The van der Waals surface area contributed by atoms with Crippen LogP contribution >= 0.6 is 15.9 Å². The summed E-state index contributed by atoms with van der Waals surface area (Å²) >= 11 is 3.55. The van der Waals surface area contributed by atoms with Gasteiger partial charge in [-0.05, 0) is 37.2 Å². The van der Waals surface area contributed by atoms with Crippen molar-refractivity contribution in [2.24, 2.45) is 0 Å². The number of hydrogen-bond donors (Lipinski definition) is 2. The van der Waals surface area contributed by atoms with Crippen LogP contribution in [0.5, 0.6) is 0 Å². The molecule has 0 aliphatic carbocycles. The Hall–Kier alpha value is -0.840. The lowest BCUT2D eigenvalue weighted by Gasteiger charge is -2.15. The molecule has 1 aliphatic heterocycles. The van der Waals surface area contributed by atoms with E-state index in [0.29, 0.717) is 6.04 Å². The molecule has 3 rings (SSSR count). The third-order valence-electron chi connectivity index (χ3n) is 3.80. The summed E-state index contributed by atoms with van der Waals surface area (Å²) in [6.07, 6.45) is 3.40. The second-order valence-corrected chi connectivity index (χ2v) is 5.93. The van der Waals surface area contributed by atoms with E-state index in [9.17, 15) is 0 Å². The number of aromatic nitrogens is 1. The number of hydrogen-bond acceptors (Lipinski definition) is 2. The maximum atomic E-state index is 3.55. The minimum atomic E-state index is 0.655. The number of halogens is 1. The quantitative estimate of drug-likeness (QED) is 0.913. The molecule has 0 spiro atoms. The summed E-state index contributed by atoms with van der Waals surface area (Å²) < 4.78 is 1.14. The van der Waals surface area contributed by atoms with Crippen molar-refractivity contribution in [1.82, 2.24) is 15.2 Å². The molecule has 4 heteroatoms. The van der Waals surface area contributed by atoms with E-state index >= 15 is 0 Å². The molecule has 0 radical (unpaired) electrons. The molecule has 0 bridgehead atoms. The van der Waals surface area contributed by atoms with E-state index in [2.05, 4.69) is 62.6 Å². The fourth-order valence-electron chi connectivity index (χ4n) is 2.73. The van der Waals surface area contributed by atoms with Gasteiger partial charge in [-0.15, -0.1) is 0 Å². The zero-order chi connectivity index (χ0) is 12.5. The Morgan fingerprint density at radius 3 is 3.17 bits per heavy atom. The molecule has 1 aromatic heterocycles. The molecule has 1 aromatic carbocycles. The van der Waals surface area contributed by atoms with Crippen molar-refractivity contribution in [3.8, 4) is 0 Å². The highest BCUT2D eigenvalue weighted by atomic mass is 79.9. The molecule has 96 valence electrons. The molecule has 1 unspecified atom stereocenters. The van der Waals surface area contributed by atoms with Crippen LogP contribution < -0.4 is 5.32 Å². The first-order valence-corrected chi connectivity index (χ1v) is 7.20. The van der Waals surface area contributed by atoms with Crippen LogP contribution in [-0.2, 0) is 6.54 Å². The Kier molecular flexibility index (Phi) is 3.41. The predicted octanol–water partition coefficient (Wildman–Crippen LogP) is 2.72. The molecular formula is C14H18BrN3. The summed E-state index contributed by atoms with van der Waals surface area (Å²) in [7, 11) is 2.05. The number of H-pyrrole nitrogens is 1. The van der Waals surface area contributed by atoms with Crippen LogP contribution in [-0.4, -0.2) is 36.1 Å². The maximum Gasteiger partial charge on any atom is 0.0458 e. The summed E-state index contributed by atoms with van der Waals surface area (Å²) in [5, 5.41) is 4.69. The highest BCUT2D eigenvalue weighted by Crippen LogP contribution is 2.24. The van der Waals surface area contributed by atoms with Crippen LogP contribution in [0.2, 0.25) is 0 Å². The molecule has 1 saturated heterocycles. The first-order valence-electron chi connectivity index (χ1n) is 6.41. The topological polar surface area (TPSA) is 31.1 Å². The molecule has 3 nitrogen and oxygen atoms in total. The minimum absolute atomic E-state index is 0.655. The van der Waals surface area contributed by atoms with Gasteiger partial charge in [-0.1, -0.05) is 15.9 Å². The van der Waals surface area contributed by atoms with Crippen molar-refractivity contribution >= 4 is 26.8 Å². The maximum absolute atomic E-state index is 3.55. The molecule has 1 atom stereocenters. The molecule has 0 saturated carbocycles. The predicted molar refractivity (Wildman–Crippen MR) is 78.7 cm³/mol. The van der Waals surface area contributed by atoms with E-state index in [1.807, 2.05) is 0 Å². The monoisotopic (exact) mass is 307 g/mol. The smallest absolute Gasteiger partial charge is 0.0458 e. The van der Waals surface area contributed by atoms with Crippen molar-refractivity contribution in [3.63, 3.8) is 0 Å². The number of rotatable bonds is 3. The highest BCUT2D eigenvalue weighted by Gasteiger charge is 2.21. The number of aromatic amines is 1. The SMILES string of the molecule is CNC1CCN(Cc2c[nH]c3ccc(Br)cc23)C1. The van der Waals surface area contributed by atoms with Crippen molar-refractivity contribution < 1.29 is 0 Å². The van der Waals surface area contributed by atoms with E-state index in [1.165, 1.54) is 29.4 Å². The first-order chi connectivity index (χ1) is 8.76. The van der Waals surface area contributed by atoms with Gasteiger partial charge in [0.2, 0.25) is 0 Å². The lowest BCUT2D eigenvalue weighted by molar-refractivity contribution is 0.323. The molecule has 2 N–H and O–H groups in total. The van der Waals surface area contributed by atoms with Gasteiger partial charge in [0.25, 0.3) is 0 Å². The van der Waals surface area contributed by atoms with Crippen molar-refractivity contribution in [2.75, 3.05) is 20.1 Å². The second kappa shape index (κ2) is 5.03. The summed E-state index contributed by atoms with van der Waals surface area (Å²) in [6, 6.07) is 7.06. The summed E-state index contributed by atoms with van der Waals surface area (Å²) in [6.45, 7) is 3.37. The fourth-order valence-corrected chi connectivity index (χ4v) is 3.10. The van der Waals surface area contributed by atoms with Gasteiger partial charge in [-0.2, -0.15) is 0 Å². The third kappa shape index (κ3) is 2.32. The van der Waals surface area contributed by atoms with Crippen LogP contribution in [0.1, 0.15) is 12.0 Å². The van der Waals surface area contributed by atoms with Crippen LogP contribution in [0.15, 0.2) is 28.9 Å². The van der Waals surface area contributed by atoms with Gasteiger partial charge < -0.3 is 10.3 Å². The lowest BCUT2D eigenvalue weighted by atomic mass is 10.1. The lowest BCUT2D eigenvalue weighted by Crippen LogP contribution is -2.29. The molecule has 1 fully saturated rings. The average molecular weight is 308 g/mol. The number of nitrogens with zero attached hydrogens (tertiary/aromatic N) is 1. The van der Waals surface area contributed by atoms with E-state index in [-0.39, 0.29) is 0 Å². The minimum Gasteiger partial charge on any atom is -0.361 e. The van der Waals surface area contributed by atoms with Gasteiger partial charge in [0.05, 0.1) is 0 Å². The van der Waals surface area contributed by atoms with Crippen LogP contribution in [0.3, 0.4) is 0 Å². The van der Waals surface area contributed by atoms with Gasteiger partial charge in [0.15, 0.2) is 0 Å². The van der Waals surface area contributed by atoms with Gasteiger partial charge in [0, 0.05) is 47.2 Å². The van der Waals surface area contributed by atoms with E-state index in [0.717, 1.165) is 17.6 Å². The van der Waals surface area contributed by atoms with Crippen LogP contribution in [0.25, 0.3) is 10.9 Å². The first kappa shape index (κ1) is 12.2. The highest BCUT2D eigenvalue weighted by molar-refractivity contribution is 9.10. The number of likely N-dealkylation sites (tertiary alicyclic amines) is 1. The van der Waals surface area contributed by atoms with Crippen LogP contribution in [0.4, 0.5) is 0 Å². The van der Waals surface area contributed by atoms with Crippen molar-refractivity contribution in [1.29, 1.82) is 0 Å². The van der Waals surface area contributed by atoms with E-state index < -0.39 is 0 Å². The summed E-state index contributed by atoms with van der Waals surface area (Å²) in [5.41, 5.74) is 2.61. The zero-order valence-electron chi connectivity index (χ0n) is 10.5. The standard InChI is InChI=1S/C14H18BrN3/c1-16-12-4-5-18(9-12)8-10-7-17-14-3-2-11(15)6-13(10)14/h2-3,6-7,12,16-17H,4-5,8-9H2,1H3. The molecule has 18 heavy (non-hydrogen) atoms. The van der Waals surface area contributed by atoms with E-state index in [1.54, 1.807) is 0 Å². The van der Waals surface area contributed by atoms with Gasteiger partial charge in [-0.25, -0.2) is 0 Å². The Morgan fingerprint density at radius 2 is 2.39 bits per heavy atom. The summed E-state index contributed by atoms with van der Waals surface area (Å²) in [4.78, 5) is 5.87. The molecule has 0 amide bonds. The Labute approximate surface area is 116 Å². The number of nitrogens with one attached hydrogen (secondary N) is 2. The average Bonchev–Trinajstić information content (AvgIpc) is 2.97. The Morgan fingerprint density at radius 1 is 1.50 bits per heavy atom. The number of likely N-dealkylation sites (N-methyl/N-ethyl adjacent to an activating group) is 1. The van der Waals surface area contributed by atoms with Crippen molar-refractivity contribution in [2.45, 2.75) is 19.0 Å².